The summed E-state index contributed by atoms with van der Waals surface area (Å²) < 4.78 is 4.93. The zero-order chi connectivity index (χ0) is 9.84. The molecule has 0 heterocycles. The van der Waals surface area contributed by atoms with Crippen LogP contribution >= 0.6 is 12.2 Å². The maximum Gasteiger partial charge on any atom is 0.180 e. The van der Waals surface area contributed by atoms with Gasteiger partial charge in [0.1, 0.15) is 0 Å². The summed E-state index contributed by atoms with van der Waals surface area (Å²) in [5.74, 6) is 0. The first kappa shape index (κ1) is 10.2. The van der Waals surface area contributed by atoms with Gasteiger partial charge in [-0.25, -0.2) is 0 Å². The van der Waals surface area contributed by atoms with Gasteiger partial charge < -0.3 is 10.5 Å². The molecule has 1 aromatic rings. The molecule has 1 unspecified atom stereocenters. The Balaban J connectivity index is 2.95. The minimum absolute atomic E-state index is 0.304. The van der Waals surface area contributed by atoms with Gasteiger partial charge in [-0.15, -0.1) is 0 Å². The van der Waals surface area contributed by atoms with E-state index in [9.17, 15) is 0 Å². The molecule has 1 aromatic carbocycles. The van der Waals surface area contributed by atoms with Gasteiger partial charge in [-0.05, 0) is 30.3 Å². The minimum Gasteiger partial charge on any atom is -0.488 e. The highest BCUT2D eigenvalue weighted by atomic mass is 32.1. The monoisotopic (exact) mass is 195 g/mol. The van der Waals surface area contributed by atoms with E-state index in [-0.39, 0.29) is 6.04 Å². The Labute approximate surface area is 83.7 Å². The van der Waals surface area contributed by atoms with Gasteiger partial charge in [0.2, 0.25) is 0 Å². The Morgan fingerprint density at radius 3 is 2.62 bits per heavy atom. The average Bonchev–Trinajstić information content (AvgIpc) is 2.16. The van der Waals surface area contributed by atoms with Gasteiger partial charge in [0.05, 0.1) is 13.2 Å². The molecule has 2 nitrogen and oxygen atoms in total. The molecule has 0 spiro atoms. The van der Waals surface area contributed by atoms with Crippen LogP contribution in [-0.2, 0) is 4.74 Å². The fourth-order valence-electron chi connectivity index (χ4n) is 1.19. The molecule has 0 fully saturated rings. The highest BCUT2D eigenvalue weighted by Gasteiger charge is 2.13. The topological polar surface area (TPSA) is 35.2 Å². The first-order chi connectivity index (χ1) is 6.16. The van der Waals surface area contributed by atoms with Crippen molar-refractivity contribution in [1.82, 2.24) is 0 Å². The highest BCUT2D eigenvalue weighted by Crippen LogP contribution is 2.16. The molecule has 0 amide bonds. The van der Waals surface area contributed by atoms with E-state index in [2.05, 4.69) is 0 Å². The predicted octanol–water partition coefficient (Wildman–Crippen LogP) is 1.97. The van der Waals surface area contributed by atoms with Gasteiger partial charge in [0.25, 0.3) is 0 Å². The molecule has 70 valence electrons. The molecule has 0 aliphatic rings. The number of hydrogen-bond donors (Lipinski definition) is 1. The number of rotatable bonds is 2. The summed E-state index contributed by atoms with van der Waals surface area (Å²) >= 11 is 4.97. The number of ether oxygens (including phenoxy) is 1. The molecule has 1 rings (SSSR count). The van der Waals surface area contributed by atoms with Crippen LogP contribution in [0.2, 0.25) is 0 Å². The van der Waals surface area contributed by atoms with Crippen LogP contribution in [0.3, 0.4) is 0 Å². The molecule has 0 radical (unpaired) electrons. The van der Waals surface area contributed by atoms with Crippen molar-refractivity contribution in [2.45, 2.75) is 13.0 Å². The van der Waals surface area contributed by atoms with Crippen molar-refractivity contribution < 1.29 is 4.74 Å². The lowest BCUT2D eigenvalue weighted by Crippen LogP contribution is -2.21. The Bertz CT molecular complexity index is 312. The first-order valence-corrected chi connectivity index (χ1v) is 4.46. The van der Waals surface area contributed by atoms with E-state index in [4.69, 9.17) is 22.7 Å². The van der Waals surface area contributed by atoms with Gasteiger partial charge in [-0.1, -0.05) is 24.3 Å². The second-order valence-electron chi connectivity index (χ2n) is 2.86. The Hall–Kier alpha value is -0.930. The van der Waals surface area contributed by atoms with Crippen molar-refractivity contribution in [3.05, 3.63) is 35.4 Å². The fourth-order valence-corrected chi connectivity index (χ4v) is 1.32. The van der Waals surface area contributed by atoms with E-state index < -0.39 is 0 Å². The molecule has 0 aliphatic heterocycles. The minimum atomic E-state index is -0.304. The number of thiocarbonyl (C=S) groups is 1. The number of benzene rings is 1. The van der Waals surface area contributed by atoms with E-state index in [1.54, 1.807) is 7.11 Å². The Kier molecular flexibility index (Phi) is 3.39. The van der Waals surface area contributed by atoms with E-state index in [0.717, 1.165) is 11.1 Å². The van der Waals surface area contributed by atoms with Crippen molar-refractivity contribution in [3.63, 3.8) is 0 Å². The SMILES string of the molecule is COC(=S)C(N)c1ccccc1C. The second-order valence-corrected chi connectivity index (χ2v) is 3.26. The van der Waals surface area contributed by atoms with Crippen molar-refractivity contribution in [3.8, 4) is 0 Å². The lowest BCUT2D eigenvalue weighted by atomic mass is 10.0. The van der Waals surface area contributed by atoms with Gasteiger partial charge in [-0.3, -0.25) is 0 Å². The van der Waals surface area contributed by atoms with E-state index in [0.29, 0.717) is 5.05 Å². The van der Waals surface area contributed by atoms with Gasteiger partial charge in [0.15, 0.2) is 5.05 Å². The van der Waals surface area contributed by atoms with Crippen LogP contribution in [0.5, 0.6) is 0 Å². The zero-order valence-corrected chi connectivity index (χ0v) is 8.60. The number of aryl methyl sites for hydroxylation is 1. The molecule has 0 bridgehead atoms. The molecule has 3 heteroatoms. The van der Waals surface area contributed by atoms with Crippen molar-refractivity contribution in [1.29, 1.82) is 0 Å². The van der Waals surface area contributed by atoms with Crippen molar-refractivity contribution >= 4 is 17.3 Å². The predicted molar refractivity (Wildman–Crippen MR) is 57.7 cm³/mol. The second kappa shape index (κ2) is 4.35. The molecule has 0 aliphatic carbocycles. The van der Waals surface area contributed by atoms with Gasteiger partial charge >= 0.3 is 0 Å². The normalized spacial score (nSPS) is 12.2. The molecule has 0 saturated heterocycles. The zero-order valence-electron chi connectivity index (χ0n) is 7.78. The molecule has 2 N–H and O–H groups in total. The molecule has 1 atom stereocenters. The largest absolute Gasteiger partial charge is 0.488 e. The summed E-state index contributed by atoms with van der Waals surface area (Å²) in [5.41, 5.74) is 8.04. The summed E-state index contributed by atoms with van der Waals surface area (Å²) in [6.45, 7) is 2.01. The highest BCUT2D eigenvalue weighted by molar-refractivity contribution is 7.80. The molecule has 13 heavy (non-hydrogen) atoms. The van der Waals surface area contributed by atoms with Crippen LogP contribution in [0.15, 0.2) is 24.3 Å². The molecule has 0 saturated carbocycles. The molecular weight excluding hydrogens is 182 g/mol. The van der Waals surface area contributed by atoms with Crippen molar-refractivity contribution in [2.24, 2.45) is 5.73 Å². The third-order valence-electron chi connectivity index (χ3n) is 1.98. The third kappa shape index (κ3) is 2.26. The number of nitrogens with two attached hydrogens (primary N) is 1. The summed E-state index contributed by atoms with van der Waals surface area (Å²) in [7, 11) is 1.54. The van der Waals surface area contributed by atoms with Crippen LogP contribution in [0.4, 0.5) is 0 Å². The molecular formula is C10H13NOS. The fraction of sp³-hybridized carbons (Fsp3) is 0.300. The maximum atomic E-state index is 5.88. The van der Waals surface area contributed by atoms with Crippen LogP contribution in [0.1, 0.15) is 17.2 Å². The third-order valence-corrected chi connectivity index (χ3v) is 2.40. The lowest BCUT2D eigenvalue weighted by molar-refractivity contribution is 0.395. The van der Waals surface area contributed by atoms with E-state index in [1.165, 1.54) is 0 Å². The summed E-state index contributed by atoms with van der Waals surface area (Å²) in [6.07, 6.45) is 0. The Morgan fingerprint density at radius 2 is 2.08 bits per heavy atom. The van der Waals surface area contributed by atoms with Crippen LogP contribution in [-0.4, -0.2) is 12.2 Å². The van der Waals surface area contributed by atoms with Gasteiger partial charge in [0, 0.05) is 0 Å². The van der Waals surface area contributed by atoms with Crippen LogP contribution in [0, 0.1) is 6.92 Å². The number of hydrogen-bond acceptors (Lipinski definition) is 3. The molecule has 0 aromatic heterocycles. The summed E-state index contributed by atoms with van der Waals surface area (Å²) in [4.78, 5) is 0. The van der Waals surface area contributed by atoms with E-state index >= 15 is 0 Å². The maximum absolute atomic E-state index is 5.88. The summed E-state index contributed by atoms with van der Waals surface area (Å²) in [5, 5.41) is 0.425. The van der Waals surface area contributed by atoms with Crippen molar-refractivity contribution in [2.75, 3.05) is 7.11 Å². The van der Waals surface area contributed by atoms with Gasteiger partial charge in [-0.2, -0.15) is 0 Å². The average molecular weight is 195 g/mol. The number of methoxy groups -OCH3 is 1. The standard InChI is InChI=1S/C10H13NOS/c1-7-5-3-4-6-8(7)9(11)10(13)12-2/h3-6,9H,11H2,1-2H3. The summed E-state index contributed by atoms with van der Waals surface area (Å²) in [6, 6.07) is 7.59. The quantitative estimate of drug-likeness (QED) is 0.733. The van der Waals surface area contributed by atoms with E-state index in [1.807, 2.05) is 31.2 Å². The first-order valence-electron chi connectivity index (χ1n) is 4.05. The Morgan fingerprint density at radius 1 is 1.46 bits per heavy atom. The van der Waals surface area contributed by atoms with Crippen LogP contribution in [0.25, 0.3) is 0 Å². The van der Waals surface area contributed by atoms with Crippen LogP contribution < -0.4 is 5.73 Å². The smallest absolute Gasteiger partial charge is 0.180 e. The lowest BCUT2D eigenvalue weighted by Gasteiger charge is -2.14.